The third kappa shape index (κ3) is 57.1. The fourth-order valence-electron chi connectivity index (χ4n) is 9.68. The highest BCUT2D eigenvalue weighted by atomic mass is 16.5. The zero-order valence-electron chi connectivity index (χ0n) is 54.1. The van der Waals surface area contributed by atoms with Gasteiger partial charge in [-0.2, -0.15) is 0 Å². The summed E-state index contributed by atoms with van der Waals surface area (Å²) in [5.74, 6) is -1.08. The summed E-state index contributed by atoms with van der Waals surface area (Å²) in [7, 11) is 3.97. The molecular weight excluding hydrogens is 1040 g/mol. The fraction of sp³-hybridized carbons (Fsp3) is 0.909. The van der Waals surface area contributed by atoms with Gasteiger partial charge in [-0.05, 0) is 39.8 Å². The molecule has 0 rings (SSSR count). The van der Waals surface area contributed by atoms with Gasteiger partial charge in [0.25, 0.3) is 0 Å². The summed E-state index contributed by atoms with van der Waals surface area (Å²) in [6.45, 7) is 16.8. The molecule has 0 saturated carbocycles. The number of nitrogens with one attached hydrogen (secondary N) is 2. The van der Waals surface area contributed by atoms with Crippen LogP contribution < -0.4 is 10.6 Å². The number of likely N-dealkylation sites (N-methyl/N-ethyl adjacent to an activating group) is 2. The van der Waals surface area contributed by atoms with Crippen molar-refractivity contribution in [3.8, 4) is 0 Å². The van der Waals surface area contributed by atoms with Crippen LogP contribution in [0.5, 0.6) is 0 Å². The maximum absolute atomic E-state index is 12.9. The van der Waals surface area contributed by atoms with Crippen molar-refractivity contribution in [1.82, 2.24) is 30.2 Å². The lowest BCUT2D eigenvalue weighted by atomic mass is 10.1. The molecule has 0 bridgehead atoms. The number of esters is 4. The van der Waals surface area contributed by atoms with Gasteiger partial charge in [-0.15, -0.1) is 0 Å². The van der Waals surface area contributed by atoms with E-state index in [1.54, 1.807) is 0 Å². The number of unbranched alkanes of at least 4 members (excludes halogenated alkanes) is 28. The minimum atomic E-state index is -0.238. The zero-order valence-corrected chi connectivity index (χ0v) is 54.1. The van der Waals surface area contributed by atoms with E-state index in [0.717, 1.165) is 64.5 Å². The molecule has 2 N–H and O–H groups in total. The smallest absolute Gasteiger partial charge is 0.307 e. The fourth-order valence-corrected chi connectivity index (χ4v) is 9.68. The topological polar surface area (TPSA) is 176 Å². The van der Waals surface area contributed by atoms with E-state index >= 15 is 0 Å². The molecule has 0 saturated heterocycles. The molecule has 16 nitrogen and oxygen atoms in total. The van der Waals surface area contributed by atoms with Crippen molar-refractivity contribution in [3.05, 3.63) is 0 Å². The average molecular weight is 1170 g/mol. The summed E-state index contributed by atoms with van der Waals surface area (Å²) < 4.78 is 22.2. The Balaban J connectivity index is 4.82. The van der Waals surface area contributed by atoms with Gasteiger partial charge in [-0.25, -0.2) is 0 Å². The van der Waals surface area contributed by atoms with Crippen LogP contribution in [0, 0.1) is 0 Å². The molecule has 2 amide bonds. The summed E-state index contributed by atoms with van der Waals surface area (Å²) in [5.41, 5.74) is 0. The van der Waals surface area contributed by atoms with E-state index in [4.69, 9.17) is 18.9 Å². The SMILES string of the molecule is CCCCCCCCCCOC(=O)CCN(CCNC(=O)CCN(C)CCN(C)CCC(=O)NCCN(CCC(=O)OCCCCCCCCCC)CCC(=O)OCCCCCCCCCC)CCC(=O)OCCCCCCCCCC. The van der Waals surface area contributed by atoms with Gasteiger partial charge in [-0.3, -0.25) is 28.8 Å². The van der Waals surface area contributed by atoms with Crippen molar-refractivity contribution in [2.45, 2.75) is 272 Å². The lowest BCUT2D eigenvalue weighted by molar-refractivity contribution is -0.146. The van der Waals surface area contributed by atoms with Crippen molar-refractivity contribution in [2.75, 3.05) is 119 Å². The summed E-state index contributed by atoms with van der Waals surface area (Å²) in [6.07, 6.45) is 39.3. The highest BCUT2D eigenvalue weighted by molar-refractivity contribution is 5.76. The van der Waals surface area contributed by atoms with E-state index in [1.165, 1.54) is 154 Å². The molecule has 0 spiro atoms. The average Bonchev–Trinajstić information content (AvgIpc) is 3.47. The van der Waals surface area contributed by atoms with E-state index in [9.17, 15) is 28.8 Å². The molecule has 0 aliphatic heterocycles. The largest absolute Gasteiger partial charge is 0.466 e. The number of carbonyl (C=O) groups is 6. The number of carbonyl (C=O) groups excluding carboxylic acids is 6. The first-order valence-corrected chi connectivity index (χ1v) is 33.9. The van der Waals surface area contributed by atoms with Crippen molar-refractivity contribution in [1.29, 1.82) is 0 Å². The molecule has 0 aromatic rings. The molecule has 0 heterocycles. The summed E-state index contributed by atoms with van der Waals surface area (Å²) in [6, 6.07) is 0. The van der Waals surface area contributed by atoms with Crippen molar-refractivity contribution in [3.63, 3.8) is 0 Å². The van der Waals surface area contributed by atoms with Crippen molar-refractivity contribution < 1.29 is 47.7 Å². The standard InChI is InChI=1S/C66H128N6O10/c1-7-11-15-19-23-27-31-35-57-79-63(75)41-49-71(50-42-64(76)80-58-36-32-28-24-20-16-12-8-2)53-45-67-61(73)39-47-69(5)55-56-70(6)48-40-62(74)68-46-54-72(51-43-65(77)81-59-37-33-29-25-21-17-13-9-3)52-44-66(78)82-60-38-34-30-26-22-18-14-10-4/h7-60H2,1-6H3,(H,67,73)(H,68,74). The monoisotopic (exact) mass is 1160 g/mol. The van der Waals surface area contributed by atoms with Crippen molar-refractivity contribution >= 4 is 35.7 Å². The van der Waals surface area contributed by atoms with Gasteiger partial charge in [0.2, 0.25) is 11.8 Å². The molecule has 0 unspecified atom stereocenters. The van der Waals surface area contributed by atoms with Crippen LogP contribution >= 0.6 is 0 Å². The number of ether oxygens (including phenoxy) is 4. The Kier molecular flexibility index (Phi) is 58.3. The molecule has 482 valence electrons. The van der Waals surface area contributed by atoms with Crippen LogP contribution in [0.3, 0.4) is 0 Å². The Morgan fingerprint density at radius 1 is 0.268 bits per heavy atom. The molecular formula is C66H128N6O10. The van der Waals surface area contributed by atoms with Gasteiger partial charge in [-0.1, -0.05) is 207 Å². The minimum Gasteiger partial charge on any atom is -0.466 e. The molecule has 0 aromatic carbocycles. The molecule has 0 aliphatic rings. The number of nitrogens with zero attached hydrogens (tertiary/aromatic N) is 4. The van der Waals surface area contributed by atoms with Crippen LogP contribution in [0.2, 0.25) is 0 Å². The lowest BCUT2D eigenvalue weighted by Gasteiger charge is -2.23. The second-order valence-corrected chi connectivity index (χ2v) is 23.3. The molecule has 0 aliphatic carbocycles. The van der Waals surface area contributed by atoms with Crippen LogP contribution in [0.25, 0.3) is 0 Å². The highest BCUT2D eigenvalue weighted by Crippen LogP contribution is 2.13. The number of rotatable bonds is 63. The van der Waals surface area contributed by atoms with E-state index in [0.29, 0.717) is 105 Å². The number of hydrogen-bond acceptors (Lipinski definition) is 14. The molecule has 82 heavy (non-hydrogen) atoms. The quantitative estimate of drug-likeness (QED) is 0.0334. The molecule has 0 aromatic heterocycles. The Hall–Kier alpha value is -3.34. The van der Waals surface area contributed by atoms with E-state index in [1.807, 2.05) is 23.9 Å². The molecule has 0 atom stereocenters. The summed E-state index contributed by atoms with van der Waals surface area (Å²) in [5, 5.41) is 6.05. The van der Waals surface area contributed by atoms with Crippen molar-refractivity contribution in [2.24, 2.45) is 0 Å². The normalized spacial score (nSPS) is 11.5. The minimum absolute atomic E-state index is 0.0621. The highest BCUT2D eigenvalue weighted by Gasteiger charge is 2.16. The van der Waals surface area contributed by atoms with E-state index in [2.05, 4.69) is 48.1 Å². The Morgan fingerprint density at radius 2 is 0.488 bits per heavy atom. The second kappa shape index (κ2) is 60.8. The first-order valence-electron chi connectivity index (χ1n) is 33.9. The van der Waals surface area contributed by atoms with Gasteiger partial charge >= 0.3 is 23.9 Å². The third-order valence-corrected chi connectivity index (χ3v) is 15.4. The Morgan fingerprint density at radius 3 is 0.720 bits per heavy atom. The molecule has 0 fully saturated rings. The Labute approximate surface area is 502 Å². The molecule has 16 heteroatoms. The van der Waals surface area contributed by atoms with Crippen LogP contribution in [0.4, 0.5) is 0 Å². The van der Waals surface area contributed by atoms with E-state index < -0.39 is 0 Å². The zero-order chi connectivity index (χ0) is 60.2. The van der Waals surface area contributed by atoms with Gasteiger partial charge in [0.15, 0.2) is 0 Å². The van der Waals surface area contributed by atoms with E-state index in [-0.39, 0.29) is 61.4 Å². The number of amides is 2. The first kappa shape index (κ1) is 78.7. The first-order chi connectivity index (χ1) is 39.9. The number of hydrogen-bond donors (Lipinski definition) is 2. The second-order valence-electron chi connectivity index (χ2n) is 23.3. The maximum Gasteiger partial charge on any atom is 0.307 e. The predicted octanol–water partition coefficient (Wildman–Crippen LogP) is 12.8. The molecule has 0 radical (unpaired) electrons. The lowest BCUT2D eigenvalue weighted by Crippen LogP contribution is -2.39. The van der Waals surface area contributed by atoms with Crippen LogP contribution in [0.1, 0.15) is 272 Å². The van der Waals surface area contributed by atoms with Gasteiger partial charge < -0.3 is 49.2 Å². The van der Waals surface area contributed by atoms with Crippen LogP contribution in [0.15, 0.2) is 0 Å². The van der Waals surface area contributed by atoms with Crippen LogP contribution in [-0.2, 0) is 47.7 Å². The van der Waals surface area contributed by atoms with Gasteiger partial charge in [0.05, 0.1) is 52.1 Å². The van der Waals surface area contributed by atoms with Crippen LogP contribution in [-0.4, -0.2) is 174 Å². The van der Waals surface area contributed by atoms with Gasteiger partial charge in [0.1, 0.15) is 0 Å². The summed E-state index contributed by atoms with van der Waals surface area (Å²) >= 11 is 0. The third-order valence-electron chi connectivity index (χ3n) is 15.4. The predicted molar refractivity (Wildman–Crippen MR) is 336 cm³/mol. The Bertz CT molecular complexity index is 1320. The van der Waals surface area contributed by atoms with Gasteiger partial charge in [0, 0.05) is 91.4 Å². The maximum atomic E-state index is 12.9. The summed E-state index contributed by atoms with van der Waals surface area (Å²) in [4.78, 5) is 84.8.